The van der Waals surface area contributed by atoms with Gasteiger partial charge in [-0.05, 0) is 12.1 Å². The normalized spacial score (nSPS) is 15.5. The minimum atomic E-state index is 0.341. The lowest BCUT2D eigenvalue weighted by Crippen LogP contribution is -2.40. The van der Waals surface area contributed by atoms with E-state index >= 15 is 0 Å². The van der Waals surface area contributed by atoms with Crippen LogP contribution in [0.5, 0.6) is 5.75 Å². The van der Waals surface area contributed by atoms with Crippen molar-refractivity contribution in [2.24, 2.45) is 0 Å². The number of hydrogen-bond donors (Lipinski definition) is 1. The molecular weight excluding hydrogens is 218 g/mol. The number of hydrogen-bond acceptors (Lipinski definition) is 5. The zero-order chi connectivity index (χ0) is 11.5. The fraction of sp³-hybridized carbons (Fsp3) is 0.333. The number of nitrogens with one attached hydrogen (secondary N) is 1. The van der Waals surface area contributed by atoms with Crippen molar-refractivity contribution < 1.29 is 9.26 Å². The number of nitrogens with zero attached hydrogens (tertiary/aromatic N) is 2. The van der Waals surface area contributed by atoms with E-state index in [-0.39, 0.29) is 0 Å². The summed E-state index contributed by atoms with van der Waals surface area (Å²) in [6, 6.07) is 9.60. The van der Waals surface area contributed by atoms with Crippen molar-refractivity contribution in [2.45, 2.75) is 12.5 Å². The Hall–Kier alpha value is -1.88. The van der Waals surface area contributed by atoms with Crippen molar-refractivity contribution in [1.82, 2.24) is 15.5 Å². The molecule has 17 heavy (non-hydrogen) atoms. The van der Waals surface area contributed by atoms with E-state index in [9.17, 15) is 0 Å². The summed E-state index contributed by atoms with van der Waals surface area (Å²) in [5.41, 5.74) is 0. The Morgan fingerprint density at radius 2 is 2.12 bits per heavy atom. The summed E-state index contributed by atoms with van der Waals surface area (Å²) in [5.74, 6) is 2.48. The highest BCUT2D eigenvalue weighted by atomic mass is 16.5. The van der Waals surface area contributed by atoms with Gasteiger partial charge in [-0.2, -0.15) is 4.98 Å². The van der Waals surface area contributed by atoms with E-state index in [4.69, 9.17) is 9.26 Å². The predicted octanol–water partition coefficient (Wildman–Crippen LogP) is 1.34. The highest BCUT2D eigenvalue weighted by Gasteiger charge is 2.24. The molecule has 0 aliphatic carbocycles. The van der Waals surface area contributed by atoms with Crippen LogP contribution in [0.4, 0.5) is 0 Å². The van der Waals surface area contributed by atoms with Crippen LogP contribution in [-0.2, 0) is 6.61 Å². The summed E-state index contributed by atoms with van der Waals surface area (Å²) in [4.78, 5) is 4.30. The molecule has 0 amide bonds. The molecule has 1 saturated heterocycles. The highest BCUT2D eigenvalue weighted by Crippen LogP contribution is 2.18. The van der Waals surface area contributed by atoms with Gasteiger partial charge < -0.3 is 14.6 Å². The second-order valence-electron chi connectivity index (χ2n) is 4.01. The third-order valence-electron chi connectivity index (χ3n) is 2.73. The number of rotatable bonds is 4. The van der Waals surface area contributed by atoms with Crippen molar-refractivity contribution >= 4 is 0 Å². The molecule has 3 rings (SSSR count). The van der Waals surface area contributed by atoms with Gasteiger partial charge in [0.1, 0.15) is 5.75 Å². The van der Waals surface area contributed by atoms with E-state index < -0.39 is 0 Å². The van der Waals surface area contributed by atoms with Gasteiger partial charge in [0.2, 0.25) is 11.7 Å². The van der Waals surface area contributed by atoms with Gasteiger partial charge in [0, 0.05) is 13.1 Å². The van der Waals surface area contributed by atoms with E-state index in [1.807, 2.05) is 30.3 Å². The average Bonchev–Trinajstić information content (AvgIpc) is 2.74. The van der Waals surface area contributed by atoms with E-state index in [0.717, 1.165) is 18.8 Å². The standard InChI is InChI=1S/C12H13N3O2/c1-2-4-10(5-3-1)16-8-11-14-12(17-15-11)9-6-13-7-9/h1-5,9,13H,6-8H2. The van der Waals surface area contributed by atoms with Crippen LogP contribution in [0.3, 0.4) is 0 Å². The topological polar surface area (TPSA) is 60.2 Å². The van der Waals surface area contributed by atoms with Crippen LogP contribution < -0.4 is 10.1 Å². The lowest BCUT2D eigenvalue weighted by molar-refractivity contribution is 0.278. The Bertz CT molecular complexity index is 480. The molecule has 1 aliphatic rings. The molecule has 2 aromatic rings. The van der Waals surface area contributed by atoms with Gasteiger partial charge in [0.05, 0.1) is 5.92 Å². The number of para-hydroxylation sites is 1. The third-order valence-corrected chi connectivity index (χ3v) is 2.73. The Labute approximate surface area is 98.8 Å². The zero-order valence-electron chi connectivity index (χ0n) is 9.30. The predicted molar refractivity (Wildman–Crippen MR) is 60.7 cm³/mol. The molecule has 0 saturated carbocycles. The summed E-state index contributed by atoms with van der Waals surface area (Å²) >= 11 is 0. The molecule has 0 spiro atoms. The average molecular weight is 231 g/mol. The molecule has 1 aromatic carbocycles. The van der Waals surface area contributed by atoms with Gasteiger partial charge in [0.15, 0.2) is 6.61 Å². The first-order valence-electron chi connectivity index (χ1n) is 5.63. The Morgan fingerprint density at radius 3 is 2.82 bits per heavy atom. The highest BCUT2D eigenvalue weighted by molar-refractivity contribution is 5.21. The molecule has 0 radical (unpaired) electrons. The summed E-state index contributed by atoms with van der Waals surface area (Å²) < 4.78 is 10.7. The molecule has 0 bridgehead atoms. The molecule has 1 aliphatic heterocycles. The number of benzene rings is 1. The first-order valence-corrected chi connectivity index (χ1v) is 5.63. The summed E-state index contributed by atoms with van der Waals surface area (Å²) in [5, 5.41) is 7.06. The van der Waals surface area contributed by atoms with Crippen LogP contribution in [0.1, 0.15) is 17.6 Å². The monoisotopic (exact) mass is 231 g/mol. The molecule has 0 unspecified atom stereocenters. The fourth-order valence-electron chi connectivity index (χ4n) is 1.62. The molecule has 2 heterocycles. The smallest absolute Gasteiger partial charge is 0.232 e. The third kappa shape index (κ3) is 2.29. The minimum absolute atomic E-state index is 0.341. The first kappa shape index (κ1) is 10.3. The Balaban J connectivity index is 1.60. The first-order chi connectivity index (χ1) is 8.42. The molecule has 0 atom stereocenters. The molecule has 5 nitrogen and oxygen atoms in total. The van der Waals surface area contributed by atoms with E-state index in [1.54, 1.807) is 0 Å². The van der Waals surface area contributed by atoms with Crippen molar-refractivity contribution in [1.29, 1.82) is 0 Å². The molecule has 1 N–H and O–H groups in total. The van der Waals surface area contributed by atoms with E-state index in [1.165, 1.54) is 0 Å². The quantitative estimate of drug-likeness (QED) is 0.860. The van der Waals surface area contributed by atoms with Gasteiger partial charge in [-0.1, -0.05) is 23.4 Å². The van der Waals surface area contributed by atoms with Crippen LogP contribution in [0.25, 0.3) is 0 Å². The van der Waals surface area contributed by atoms with Gasteiger partial charge in [-0.25, -0.2) is 0 Å². The zero-order valence-corrected chi connectivity index (χ0v) is 9.30. The van der Waals surface area contributed by atoms with Gasteiger partial charge in [-0.15, -0.1) is 0 Å². The van der Waals surface area contributed by atoms with Crippen LogP contribution in [0.2, 0.25) is 0 Å². The summed E-state index contributed by atoms with van der Waals surface area (Å²) in [7, 11) is 0. The number of aromatic nitrogens is 2. The molecule has 1 fully saturated rings. The molecule has 1 aromatic heterocycles. The second kappa shape index (κ2) is 4.55. The lowest BCUT2D eigenvalue weighted by atomic mass is 10.0. The fourth-order valence-corrected chi connectivity index (χ4v) is 1.62. The Kier molecular flexibility index (Phi) is 2.75. The molecule has 88 valence electrons. The lowest BCUT2D eigenvalue weighted by Gasteiger charge is -2.22. The second-order valence-corrected chi connectivity index (χ2v) is 4.01. The van der Waals surface area contributed by atoms with Crippen LogP contribution in [-0.4, -0.2) is 23.2 Å². The maximum Gasteiger partial charge on any atom is 0.232 e. The van der Waals surface area contributed by atoms with E-state index in [0.29, 0.717) is 24.2 Å². The number of ether oxygens (including phenoxy) is 1. The SMILES string of the molecule is c1ccc(OCc2noc(C3CNC3)n2)cc1. The van der Waals surface area contributed by atoms with Crippen molar-refractivity contribution in [3.05, 3.63) is 42.0 Å². The molecular formula is C12H13N3O2. The maximum atomic E-state index is 5.54. The molecule has 5 heteroatoms. The van der Waals surface area contributed by atoms with Gasteiger partial charge in [-0.3, -0.25) is 0 Å². The maximum absolute atomic E-state index is 5.54. The van der Waals surface area contributed by atoms with Gasteiger partial charge >= 0.3 is 0 Å². The van der Waals surface area contributed by atoms with Gasteiger partial charge in [0.25, 0.3) is 0 Å². The minimum Gasteiger partial charge on any atom is -0.485 e. The largest absolute Gasteiger partial charge is 0.485 e. The van der Waals surface area contributed by atoms with Crippen LogP contribution >= 0.6 is 0 Å². The van der Waals surface area contributed by atoms with Crippen LogP contribution in [0, 0.1) is 0 Å². The summed E-state index contributed by atoms with van der Waals surface area (Å²) in [6.07, 6.45) is 0. The summed E-state index contributed by atoms with van der Waals surface area (Å²) in [6.45, 7) is 2.18. The van der Waals surface area contributed by atoms with E-state index in [2.05, 4.69) is 15.5 Å². The van der Waals surface area contributed by atoms with Crippen LogP contribution in [0.15, 0.2) is 34.9 Å². The van der Waals surface area contributed by atoms with Crippen molar-refractivity contribution in [2.75, 3.05) is 13.1 Å². The Morgan fingerprint density at radius 1 is 1.29 bits per heavy atom. The van der Waals surface area contributed by atoms with Crippen molar-refractivity contribution in [3.63, 3.8) is 0 Å². The van der Waals surface area contributed by atoms with Crippen molar-refractivity contribution in [3.8, 4) is 5.75 Å².